The number of nitrogens with zero attached hydrogens (tertiary/aromatic N) is 1. The van der Waals surface area contributed by atoms with E-state index in [1.165, 1.54) is 6.07 Å². The first-order chi connectivity index (χ1) is 8.46. The molecule has 100 valence electrons. The molecule has 0 aromatic carbocycles. The number of likely N-dealkylation sites (tertiary alicyclic amines) is 1. The molecule has 0 saturated carbocycles. The zero-order chi connectivity index (χ0) is 13.2. The number of hydrogen-bond donors (Lipinski definition) is 2. The Hall–Kier alpha value is -1.33. The number of aromatic carboxylic acids is 1. The van der Waals surface area contributed by atoms with Crippen molar-refractivity contribution in [1.29, 1.82) is 0 Å². The Kier molecular flexibility index (Phi) is 3.73. The van der Waals surface area contributed by atoms with Crippen LogP contribution in [0.15, 0.2) is 16.5 Å². The zero-order valence-electron chi connectivity index (χ0n) is 10.6. The van der Waals surface area contributed by atoms with Gasteiger partial charge in [0.1, 0.15) is 5.76 Å². The van der Waals surface area contributed by atoms with E-state index in [9.17, 15) is 9.90 Å². The quantitative estimate of drug-likeness (QED) is 0.858. The molecule has 1 aromatic rings. The molecule has 5 nitrogen and oxygen atoms in total. The first-order valence-corrected chi connectivity index (χ1v) is 6.23. The van der Waals surface area contributed by atoms with Crippen LogP contribution in [0.4, 0.5) is 0 Å². The van der Waals surface area contributed by atoms with Crippen molar-refractivity contribution >= 4 is 5.97 Å². The van der Waals surface area contributed by atoms with Gasteiger partial charge in [0.25, 0.3) is 0 Å². The van der Waals surface area contributed by atoms with Crippen LogP contribution in [0.5, 0.6) is 0 Å². The molecule has 1 saturated heterocycles. The highest BCUT2D eigenvalue weighted by atomic mass is 16.4. The summed E-state index contributed by atoms with van der Waals surface area (Å²) >= 11 is 0. The summed E-state index contributed by atoms with van der Waals surface area (Å²) in [5.74, 6) is -0.402. The molecule has 0 spiro atoms. The van der Waals surface area contributed by atoms with E-state index in [1.54, 1.807) is 6.07 Å². The second-order valence-corrected chi connectivity index (χ2v) is 5.20. The van der Waals surface area contributed by atoms with E-state index in [1.807, 2.05) is 6.92 Å². The number of hydrogen-bond acceptors (Lipinski definition) is 4. The van der Waals surface area contributed by atoms with Crippen molar-refractivity contribution in [1.82, 2.24) is 4.90 Å². The molecule has 0 amide bonds. The van der Waals surface area contributed by atoms with Crippen LogP contribution in [0.25, 0.3) is 0 Å². The predicted molar refractivity (Wildman–Crippen MR) is 65.4 cm³/mol. The number of furan rings is 1. The fourth-order valence-electron chi connectivity index (χ4n) is 2.28. The minimum atomic E-state index is -1.04. The number of carboxylic acid groups (broad SMARTS) is 1. The van der Waals surface area contributed by atoms with Gasteiger partial charge in [-0.2, -0.15) is 0 Å². The Morgan fingerprint density at radius 3 is 2.89 bits per heavy atom. The van der Waals surface area contributed by atoms with Gasteiger partial charge in [-0.1, -0.05) is 0 Å². The van der Waals surface area contributed by atoms with Gasteiger partial charge in [0.15, 0.2) is 0 Å². The maximum Gasteiger partial charge on any atom is 0.371 e. The third-order valence-electron chi connectivity index (χ3n) is 3.41. The minimum absolute atomic E-state index is 0.0215. The first kappa shape index (κ1) is 13.1. The summed E-state index contributed by atoms with van der Waals surface area (Å²) in [5, 5.41) is 18.8. The van der Waals surface area contributed by atoms with Crippen molar-refractivity contribution in [3.8, 4) is 0 Å². The maximum atomic E-state index is 10.7. The molecule has 1 atom stereocenters. The molecule has 1 aliphatic heterocycles. The van der Waals surface area contributed by atoms with Gasteiger partial charge < -0.3 is 14.6 Å². The Balaban J connectivity index is 1.94. The molecule has 1 fully saturated rings. The lowest BCUT2D eigenvalue weighted by atomic mass is 9.98. The average molecular weight is 253 g/mol. The highest BCUT2D eigenvalue weighted by Crippen LogP contribution is 2.22. The Morgan fingerprint density at radius 1 is 1.44 bits per heavy atom. The van der Waals surface area contributed by atoms with Gasteiger partial charge in [0, 0.05) is 6.54 Å². The van der Waals surface area contributed by atoms with E-state index in [-0.39, 0.29) is 5.76 Å². The van der Waals surface area contributed by atoms with Crippen LogP contribution in [0.1, 0.15) is 42.5 Å². The molecular weight excluding hydrogens is 234 g/mol. The molecule has 2 rings (SSSR count). The molecule has 1 aromatic heterocycles. The summed E-state index contributed by atoms with van der Waals surface area (Å²) in [6.07, 6.45) is 2.49. The molecule has 2 N–H and O–H groups in total. The third-order valence-corrected chi connectivity index (χ3v) is 3.41. The fraction of sp³-hybridized carbons (Fsp3) is 0.615. The van der Waals surface area contributed by atoms with Crippen molar-refractivity contribution in [2.45, 2.75) is 38.3 Å². The maximum absolute atomic E-state index is 10.7. The van der Waals surface area contributed by atoms with Crippen molar-refractivity contribution in [2.75, 3.05) is 13.1 Å². The summed E-state index contributed by atoms with van der Waals surface area (Å²) in [5.41, 5.74) is -0.579. The lowest BCUT2D eigenvalue weighted by Gasteiger charge is -2.21. The standard InChI is InChI=1S/C13H19NO4/c1-13(17)5-2-7-14(8-6-13)9-10-3-4-11(18-10)12(15)16/h3-4,17H,2,5-9H2,1H3,(H,15,16). The van der Waals surface area contributed by atoms with Crippen LogP contribution < -0.4 is 0 Å². The summed E-state index contributed by atoms with van der Waals surface area (Å²) < 4.78 is 5.24. The van der Waals surface area contributed by atoms with E-state index in [4.69, 9.17) is 9.52 Å². The molecule has 1 aliphatic rings. The smallest absolute Gasteiger partial charge is 0.371 e. The number of carbonyl (C=O) groups is 1. The summed E-state index contributed by atoms with van der Waals surface area (Å²) in [6, 6.07) is 3.18. The molecule has 5 heteroatoms. The number of aliphatic hydroxyl groups is 1. The minimum Gasteiger partial charge on any atom is -0.475 e. The molecule has 1 unspecified atom stereocenters. The molecule has 0 radical (unpaired) electrons. The molecule has 2 heterocycles. The van der Waals surface area contributed by atoms with Gasteiger partial charge in [-0.05, 0) is 44.9 Å². The van der Waals surface area contributed by atoms with E-state index >= 15 is 0 Å². The Labute approximate surface area is 106 Å². The van der Waals surface area contributed by atoms with Gasteiger partial charge in [0.2, 0.25) is 5.76 Å². The van der Waals surface area contributed by atoms with E-state index in [2.05, 4.69) is 4.90 Å². The van der Waals surface area contributed by atoms with Crippen molar-refractivity contribution < 1.29 is 19.4 Å². The normalized spacial score (nSPS) is 25.9. The molecule has 18 heavy (non-hydrogen) atoms. The van der Waals surface area contributed by atoms with Crippen LogP contribution in [0.3, 0.4) is 0 Å². The van der Waals surface area contributed by atoms with Gasteiger partial charge in [0.05, 0.1) is 12.1 Å². The van der Waals surface area contributed by atoms with E-state index in [0.717, 1.165) is 32.4 Å². The SMILES string of the molecule is CC1(O)CCCN(Cc2ccc(C(=O)O)o2)CC1. The largest absolute Gasteiger partial charge is 0.475 e. The second kappa shape index (κ2) is 5.12. The summed E-state index contributed by atoms with van der Waals surface area (Å²) in [7, 11) is 0. The molecule has 0 aliphatic carbocycles. The van der Waals surface area contributed by atoms with Crippen molar-refractivity contribution in [3.05, 3.63) is 23.7 Å². The molecule has 0 bridgehead atoms. The zero-order valence-corrected chi connectivity index (χ0v) is 10.6. The fourth-order valence-corrected chi connectivity index (χ4v) is 2.28. The van der Waals surface area contributed by atoms with Gasteiger partial charge in [-0.3, -0.25) is 4.90 Å². The number of carboxylic acids is 1. The van der Waals surface area contributed by atoms with Crippen molar-refractivity contribution in [2.24, 2.45) is 0 Å². The highest BCUT2D eigenvalue weighted by molar-refractivity contribution is 5.84. The van der Waals surface area contributed by atoms with Crippen LogP contribution >= 0.6 is 0 Å². The van der Waals surface area contributed by atoms with E-state index in [0.29, 0.717) is 12.3 Å². The highest BCUT2D eigenvalue weighted by Gasteiger charge is 2.25. The van der Waals surface area contributed by atoms with Gasteiger partial charge >= 0.3 is 5.97 Å². The van der Waals surface area contributed by atoms with Crippen molar-refractivity contribution in [3.63, 3.8) is 0 Å². The van der Waals surface area contributed by atoms with E-state index < -0.39 is 11.6 Å². The molecular formula is C13H19NO4. The first-order valence-electron chi connectivity index (χ1n) is 6.23. The Bertz CT molecular complexity index is 424. The topological polar surface area (TPSA) is 73.9 Å². The Morgan fingerprint density at radius 2 is 2.22 bits per heavy atom. The lowest BCUT2D eigenvalue weighted by Crippen LogP contribution is -2.28. The average Bonchev–Trinajstić information content (AvgIpc) is 2.67. The monoisotopic (exact) mass is 253 g/mol. The van der Waals surface area contributed by atoms with Crippen LogP contribution in [0, 0.1) is 0 Å². The summed E-state index contributed by atoms with van der Waals surface area (Å²) in [4.78, 5) is 12.9. The third kappa shape index (κ3) is 3.34. The van der Waals surface area contributed by atoms with Crippen LogP contribution in [-0.4, -0.2) is 39.8 Å². The van der Waals surface area contributed by atoms with Gasteiger partial charge in [-0.25, -0.2) is 4.79 Å². The number of rotatable bonds is 3. The summed E-state index contributed by atoms with van der Waals surface area (Å²) in [6.45, 7) is 4.17. The van der Waals surface area contributed by atoms with Crippen LogP contribution in [0.2, 0.25) is 0 Å². The predicted octanol–water partition coefficient (Wildman–Crippen LogP) is 1.71. The van der Waals surface area contributed by atoms with Crippen LogP contribution in [-0.2, 0) is 6.54 Å². The van der Waals surface area contributed by atoms with Gasteiger partial charge in [-0.15, -0.1) is 0 Å². The lowest BCUT2D eigenvalue weighted by molar-refractivity contribution is 0.0442. The second-order valence-electron chi connectivity index (χ2n) is 5.20.